The van der Waals surface area contributed by atoms with Crippen molar-refractivity contribution in [2.75, 3.05) is 0 Å². The molecule has 0 spiro atoms. The zero-order valence-electron chi connectivity index (χ0n) is 13.9. The molecule has 1 aromatic heterocycles. The Kier molecular flexibility index (Phi) is 5.15. The van der Waals surface area contributed by atoms with Gasteiger partial charge in [0.1, 0.15) is 0 Å². The molecule has 1 heterocycles. The van der Waals surface area contributed by atoms with Crippen LogP contribution in [0.5, 0.6) is 0 Å². The molecule has 1 fully saturated rings. The summed E-state index contributed by atoms with van der Waals surface area (Å²) < 4.78 is 1.93. The number of benzene rings is 1. The Balaban J connectivity index is 1.57. The van der Waals surface area contributed by atoms with Gasteiger partial charge in [-0.3, -0.25) is 0 Å². The number of nitrogens with zero attached hydrogens (tertiary/aromatic N) is 2. The molecule has 0 bridgehead atoms. The van der Waals surface area contributed by atoms with Crippen LogP contribution >= 0.6 is 0 Å². The highest BCUT2D eigenvalue weighted by Crippen LogP contribution is 2.19. The zero-order valence-corrected chi connectivity index (χ0v) is 13.9. The van der Waals surface area contributed by atoms with Gasteiger partial charge in [0.25, 0.3) is 0 Å². The Bertz CT molecular complexity index is 663. The van der Waals surface area contributed by atoms with Crippen LogP contribution in [-0.2, 0) is 0 Å². The van der Waals surface area contributed by atoms with E-state index in [4.69, 9.17) is 0 Å². The summed E-state index contributed by atoms with van der Waals surface area (Å²) in [6.45, 7) is 1.97. The first-order chi connectivity index (χ1) is 11.6. The van der Waals surface area contributed by atoms with Crippen molar-refractivity contribution in [3.63, 3.8) is 0 Å². The Hall–Kier alpha value is -2.34. The standard InChI is InChI=1S/C18H24N4O2/c1-13(20-18(24)21-15-5-7-17(23)8-6-15)14-3-2-4-16(11-14)22-10-9-19-12-22/h2-4,9-13,15,17,23H,5-8H2,1H3,(H2,20,21,24). The topological polar surface area (TPSA) is 79.2 Å². The van der Waals surface area contributed by atoms with Crippen LogP contribution in [0.3, 0.4) is 0 Å². The third kappa shape index (κ3) is 4.14. The van der Waals surface area contributed by atoms with E-state index in [1.165, 1.54) is 0 Å². The molecule has 1 unspecified atom stereocenters. The number of carbonyl (C=O) groups excluding carboxylic acids is 1. The fourth-order valence-corrected chi connectivity index (χ4v) is 3.09. The van der Waals surface area contributed by atoms with Crippen LogP contribution in [0.2, 0.25) is 0 Å². The van der Waals surface area contributed by atoms with Gasteiger partial charge in [-0.05, 0) is 50.3 Å². The molecule has 0 aliphatic heterocycles. The second kappa shape index (κ2) is 7.49. The van der Waals surface area contributed by atoms with E-state index in [9.17, 15) is 9.90 Å². The van der Waals surface area contributed by atoms with E-state index in [-0.39, 0.29) is 24.2 Å². The second-order valence-electron chi connectivity index (χ2n) is 6.41. The molecule has 1 aromatic carbocycles. The fourth-order valence-electron chi connectivity index (χ4n) is 3.09. The number of imidazole rings is 1. The van der Waals surface area contributed by atoms with Crippen LogP contribution in [0.25, 0.3) is 5.69 Å². The van der Waals surface area contributed by atoms with E-state index < -0.39 is 0 Å². The molecule has 1 aliphatic carbocycles. The summed E-state index contributed by atoms with van der Waals surface area (Å²) in [4.78, 5) is 16.2. The Labute approximate surface area is 141 Å². The quantitative estimate of drug-likeness (QED) is 0.807. The number of aliphatic hydroxyl groups is 1. The van der Waals surface area contributed by atoms with Crippen molar-refractivity contribution in [2.24, 2.45) is 0 Å². The first-order valence-electron chi connectivity index (χ1n) is 8.45. The minimum Gasteiger partial charge on any atom is -0.393 e. The number of aliphatic hydroxyl groups excluding tert-OH is 1. The summed E-state index contributed by atoms with van der Waals surface area (Å²) in [7, 11) is 0. The van der Waals surface area contributed by atoms with Crippen molar-refractivity contribution in [1.82, 2.24) is 20.2 Å². The lowest BCUT2D eigenvalue weighted by atomic mass is 9.93. The van der Waals surface area contributed by atoms with Crippen LogP contribution in [0.1, 0.15) is 44.2 Å². The lowest BCUT2D eigenvalue weighted by Gasteiger charge is -2.27. The Morgan fingerprint density at radius 1 is 1.33 bits per heavy atom. The molecular formula is C18H24N4O2. The number of aromatic nitrogens is 2. The van der Waals surface area contributed by atoms with Gasteiger partial charge in [-0.15, -0.1) is 0 Å². The average molecular weight is 328 g/mol. The van der Waals surface area contributed by atoms with Crippen LogP contribution < -0.4 is 10.6 Å². The molecule has 1 saturated carbocycles. The minimum absolute atomic E-state index is 0.0948. The molecule has 6 nitrogen and oxygen atoms in total. The number of hydrogen-bond acceptors (Lipinski definition) is 3. The maximum Gasteiger partial charge on any atom is 0.315 e. The summed E-state index contributed by atoms with van der Waals surface area (Å²) >= 11 is 0. The van der Waals surface area contributed by atoms with Crippen LogP contribution in [0.4, 0.5) is 4.79 Å². The Morgan fingerprint density at radius 2 is 2.12 bits per heavy atom. The lowest BCUT2D eigenvalue weighted by molar-refractivity contribution is 0.117. The van der Waals surface area contributed by atoms with E-state index in [1.807, 2.05) is 42.0 Å². The normalized spacial score (nSPS) is 21.9. The smallest absolute Gasteiger partial charge is 0.315 e. The van der Waals surface area contributed by atoms with Gasteiger partial charge in [-0.1, -0.05) is 12.1 Å². The minimum atomic E-state index is -0.212. The van der Waals surface area contributed by atoms with Gasteiger partial charge < -0.3 is 20.3 Å². The molecule has 0 saturated heterocycles. The number of carbonyl (C=O) groups is 1. The average Bonchev–Trinajstić information content (AvgIpc) is 3.11. The van der Waals surface area contributed by atoms with E-state index in [0.717, 1.165) is 36.9 Å². The monoisotopic (exact) mass is 328 g/mol. The van der Waals surface area contributed by atoms with Crippen LogP contribution in [0.15, 0.2) is 43.0 Å². The predicted octanol–water partition coefficient (Wildman–Crippen LogP) is 2.54. The highest BCUT2D eigenvalue weighted by atomic mass is 16.3. The number of amides is 2. The molecule has 1 aliphatic rings. The van der Waals surface area contributed by atoms with Crippen molar-refractivity contribution < 1.29 is 9.90 Å². The lowest BCUT2D eigenvalue weighted by Crippen LogP contribution is -2.44. The largest absolute Gasteiger partial charge is 0.393 e. The molecule has 6 heteroatoms. The fraction of sp³-hybridized carbons (Fsp3) is 0.444. The van der Waals surface area contributed by atoms with E-state index in [2.05, 4.69) is 15.6 Å². The first kappa shape index (κ1) is 16.5. The van der Waals surface area contributed by atoms with Gasteiger partial charge >= 0.3 is 6.03 Å². The van der Waals surface area contributed by atoms with Crippen molar-refractivity contribution in [3.8, 4) is 5.69 Å². The number of nitrogens with one attached hydrogen (secondary N) is 2. The highest BCUT2D eigenvalue weighted by Gasteiger charge is 2.21. The van der Waals surface area contributed by atoms with Gasteiger partial charge in [0.2, 0.25) is 0 Å². The van der Waals surface area contributed by atoms with Crippen molar-refractivity contribution >= 4 is 6.03 Å². The van der Waals surface area contributed by atoms with Crippen LogP contribution in [-0.4, -0.2) is 32.8 Å². The highest BCUT2D eigenvalue weighted by molar-refractivity contribution is 5.74. The summed E-state index contributed by atoms with van der Waals surface area (Å²) in [6, 6.07) is 7.93. The molecule has 1 atom stereocenters. The summed E-state index contributed by atoms with van der Waals surface area (Å²) in [5.41, 5.74) is 2.05. The molecular weight excluding hydrogens is 304 g/mol. The molecule has 3 rings (SSSR count). The van der Waals surface area contributed by atoms with E-state index in [0.29, 0.717) is 0 Å². The SMILES string of the molecule is CC(NC(=O)NC1CCC(O)CC1)c1cccc(-n2ccnc2)c1. The number of urea groups is 1. The van der Waals surface area contributed by atoms with Gasteiger partial charge in [-0.25, -0.2) is 9.78 Å². The van der Waals surface area contributed by atoms with Gasteiger partial charge in [0.05, 0.1) is 18.5 Å². The third-order valence-electron chi connectivity index (χ3n) is 4.55. The number of hydrogen-bond donors (Lipinski definition) is 3. The molecule has 2 amide bonds. The maximum atomic E-state index is 12.2. The molecule has 128 valence electrons. The molecule has 3 N–H and O–H groups in total. The van der Waals surface area contributed by atoms with E-state index in [1.54, 1.807) is 12.5 Å². The number of rotatable bonds is 4. The van der Waals surface area contributed by atoms with Crippen molar-refractivity contribution in [3.05, 3.63) is 48.5 Å². The van der Waals surface area contributed by atoms with Crippen molar-refractivity contribution in [2.45, 2.75) is 50.8 Å². The van der Waals surface area contributed by atoms with Gasteiger partial charge in [0, 0.05) is 24.1 Å². The first-order valence-corrected chi connectivity index (χ1v) is 8.45. The Morgan fingerprint density at radius 3 is 2.83 bits per heavy atom. The predicted molar refractivity (Wildman–Crippen MR) is 91.9 cm³/mol. The maximum absolute atomic E-state index is 12.2. The molecule has 0 radical (unpaired) electrons. The molecule has 24 heavy (non-hydrogen) atoms. The van der Waals surface area contributed by atoms with Crippen molar-refractivity contribution in [1.29, 1.82) is 0 Å². The van der Waals surface area contributed by atoms with E-state index >= 15 is 0 Å². The summed E-state index contributed by atoms with van der Waals surface area (Å²) in [5, 5.41) is 15.5. The second-order valence-corrected chi connectivity index (χ2v) is 6.41. The van der Waals surface area contributed by atoms with Crippen LogP contribution in [0, 0.1) is 0 Å². The molecule has 2 aromatic rings. The third-order valence-corrected chi connectivity index (χ3v) is 4.55. The summed E-state index contributed by atoms with van der Waals surface area (Å²) in [6.07, 6.45) is 8.35. The summed E-state index contributed by atoms with van der Waals surface area (Å²) in [5.74, 6) is 0. The zero-order chi connectivity index (χ0) is 16.9. The van der Waals surface area contributed by atoms with Gasteiger partial charge in [0.15, 0.2) is 0 Å². The van der Waals surface area contributed by atoms with Gasteiger partial charge in [-0.2, -0.15) is 0 Å².